The van der Waals surface area contributed by atoms with E-state index in [1.54, 1.807) is 0 Å². The highest BCUT2D eigenvalue weighted by molar-refractivity contribution is 5.97. The SMILES string of the molecule is CCc1ccc2c(O)c3c(c(O)c2c1)C1CC(C)C3C1. The van der Waals surface area contributed by atoms with Crippen LogP contribution in [0.5, 0.6) is 11.5 Å². The first kappa shape index (κ1) is 12.1. The van der Waals surface area contributed by atoms with E-state index in [2.05, 4.69) is 13.8 Å². The van der Waals surface area contributed by atoms with Crippen molar-refractivity contribution in [2.75, 3.05) is 0 Å². The number of hydrogen-bond donors (Lipinski definition) is 2. The number of aromatic hydroxyl groups is 2. The van der Waals surface area contributed by atoms with Crippen molar-refractivity contribution in [3.05, 3.63) is 34.9 Å². The van der Waals surface area contributed by atoms with E-state index in [-0.39, 0.29) is 0 Å². The third-order valence-corrected chi connectivity index (χ3v) is 5.46. The maximum absolute atomic E-state index is 10.7. The second-order valence-corrected chi connectivity index (χ2v) is 6.51. The van der Waals surface area contributed by atoms with Crippen molar-refractivity contribution < 1.29 is 10.2 Å². The van der Waals surface area contributed by atoms with Gasteiger partial charge < -0.3 is 10.2 Å². The minimum absolute atomic E-state index is 0.412. The van der Waals surface area contributed by atoms with E-state index in [9.17, 15) is 10.2 Å². The molecule has 2 aliphatic rings. The fraction of sp³-hybridized carbons (Fsp3) is 0.444. The molecule has 2 bridgehead atoms. The first-order valence-corrected chi connectivity index (χ1v) is 7.62. The lowest BCUT2D eigenvalue weighted by molar-refractivity contribution is 0.431. The molecule has 1 fully saturated rings. The van der Waals surface area contributed by atoms with E-state index < -0.39 is 0 Å². The smallest absolute Gasteiger partial charge is 0.127 e. The molecule has 4 rings (SSSR count). The third kappa shape index (κ3) is 1.34. The van der Waals surface area contributed by atoms with Crippen molar-refractivity contribution in [1.29, 1.82) is 0 Å². The molecule has 2 N–H and O–H groups in total. The van der Waals surface area contributed by atoms with Crippen molar-refractivity contribution in [3.8, 4) is 11.5 Å². The minimum Gasteiger partial charge on any atom is -0.507 e. The van der Waals surface area contributed by atoms with Gasteiger partial charge in [0.2, 0.25) is 0 Å². The van der Waals surface area contributed by atoms with Crippen molar-refractivity contribution in [3.63, 3.8) is 0 Å². The lowest BCUT2D eigenvalue weighted by atomic mass is 9.82. The van der Waals surface area contributed by atoms with E-state index in [0.717, 1.165) is 41.2 Å². The Labute approximate surface area is 119 Å². The Morgan fingerprint density at radius 3 is 2.55 bits per heavy atom. The van der Waals surface area contributed by atoms with Gasteiger partial charge in [0.15, 0.2) is 0 Å². The molecular formula is C18H20O2. The lowest BCUT2D eigenvalue weighted by Gasteiger charge is -2.24. The van der Waals surface area contributed by atoms with Gasteiger partial charge in [0.25, 0.3) is 0 Å². The number of aryl methyl sites for hydroxylation is 1. The summed E-state index contributed by atoms with van der Waals surface area (Å²) in [4.78, 5) is 0. The average molecular weight is 268 g/mol. The topological polar surface area (TPSA) is 40.5 Å². The number of rotatable bonds is 1. The fourth-order valence-electron chi connectivity index (χ4n) is 4.43. The fourth-order valence-corrected chi connectivity index (χ4v) is 4.43. The molecule has 0 saturated heterocycles. The van der Waals surface area contributed by atoms with Crippen LogP contribution in [0.25, 0.3) is 10.8 Å². The Balaban J connectivity index is 2.07. The second-order valence-electron chi connectivity index (χ2n) is 6.51. The van der Waals surface area contributed by atoms with Crippen molar-refractivity contribution in [1.82, 2.24) is 0 Å². The largest absolute Gasteiger partial charge is 0.507 e. The highest BCUT2D eigenvalue weighted by atomic mass is 16.3. The Bertz CT molecular complexity index is 717. The van der Waals surface area contributed by atoms with Gasteiger partial charge in [-0.15, -0.1) is 0 Å². The van der Waals surface area contributed by atoms with Crippen LogP contribution in [0.3, 0.4) is 0 Å². The van der Waals surface area contributed by atoms with Crippen LogP contribution in [-0.4, -0.2) is 10.2 Å². The van der Waals surface area contributed by atoms with Crippen LogP contribution in [-0.2, 0) is 6.42 Å². The molecule has 0 radical (unpaired) electrons. The molecule has 0 spiro atoms. The Kier molecular flexibility index (Phi) is 2.36. The van der Waals surface area contributed by atoms with E-state index in [1.807, 2.05) is 18.2 Å². The maximum atomic E-state index is 10.7. The zero-order valence-corrected chi connectivity index (χ0v) is 12.0. The Morgan fingerprint density at radius 1 is 1.05 bits per heavy atom. The second kappa shape index (κ2) is 3.91. The van der Waals surface area contributed by atoms with Crippen LogP contribution in [0.15, 0.2) is 18.2 Å². The first-order valence-electron chi connectivity index (χ1n) is 7.62. The number of hydrogen-bond acceptors (Lipinski definition) is 2. The summed E-state index contributed by atoms with van der Waals surface area (Å²) in [5, 5.41) is 23.0. The Morgan fingerprint density at radius 2 is 1.80 bits per heavy atom. The molecule has 20 heavy (non-hydrogen) atoms. The normalized spacial score (nSPS) is 27.2. The van der Waals surface area contributed by atoms with Gasteiger partial charge in [0.05, 0.1) is 0 Å². The number of fused-ring (bicyclic) bond motifs is 6. The summed E-state index contributed by atoms with van der Waals surface area (Å²) in [6, 6.07) is 6.03. The molecule has 2 aromatic carbocycles. The average Bonchev–Trinajstić information content (AvgIpc) is 3.01. The van der Waals surface area contributed by atoms with Gasteiger partial charge >= 0.3 is 0 Å². The lowest BCUT2D eigenvalue weighted by Crippen LogP contribution is -2.08. The summed E-state index contributed by atoms with van der Waals surface area (Å²) in [6.45, 7) is 4.36. The van der Waals surface area contributed by atoms with Gasteiger partial charge in [-0.3, -0.25) is 0 Å². The quantitative estimate of drug-likeness (QED) is 0.751. The van der Waals surface area contributed by atoms with E-state index in [4.69, 9.17) is 0 Å². The number of phenolic OH excluding ortho intramolecular Hbond substituents is 2. The third-order valence-electron chi connectivity index (χ3n) is 5.46. The molecular weight excluding hydrogens is 248 g/mol. The molecule has 2 aromatic rings. The molecule has 1 saturated carbocycles. The molecule has 0 aromatic heterocycles. The van der Waals surface area contributed by atoms with Crippen LogP contribution in [0, 0.1) is 5.92 Å². The zero-order valence-electron chi connectivity index (χ0n) is 12.0. The van der Waals surface area contributed by atoms with Crippen molar-refractivity contribution >= 4 is 10.8 Å². The van der Waals surface area contributed by atoms with Gasteiger partial charge in [-0.25, -0.2) is 0 Å². The summed E-state index contributed by atoms with van der Waals surface area (Å²) < 4.78 is 0. The standard InChI is InChI=1S/C18H20O2/c1-3-10-4-5-12-14(7-10)18(20)15-11-6-9(2)13(8-11)16(15)17(12)19/h4-5,7,9,11,13,19-20H,3,6,8H2,1-2H3. The molecule has 2 nitrogen and oxygen atoms in total. The maximum Gasteiger partial charge on any atom is 0.127 e. The predicted molar refractivity (Wildman–Crippen MR) is 80.5 cm³/mol. The van der Waals surface area contributed by atoms with Gasteiger partial charge in [-0.2, -0.15) is 0 Å². The monoisotopic (exact) mass is 268 g/mol. The summed E-state index contributed by atoms with van der Waals surface area (Å²) in [5.41, 5.74) is 3.26. The molecule has 0 aliphatic heterocycles. The molecule has 2 heteroatoms. The summed E-state index contributed by atoms with van der Waals surface area (Å²) >= 11 is 0. The summed E-state index contributed by atoms with van der Waals surface area (Å²) in [6.07, 6.45) is 3.18. The predicted octanol–water partition coefficient (Wildman–Crippen LogP) is 4.42. The highest BCUT2D eigenvalue weighted by Crippen LogP contribution is 2.62. The van der Waals surface area contributed by atoms with Crippen molar-refractivity contribution in [2.24, 2.45) is 5.92 Å². The van der Waals surface area contributed by atoms with Crippen LogP contribution in [0.2, 0.25) is 0 Å². The minimum atomic E-state index is 0.412. The molecule has 2 aliphatic carbocycles. The number of phenols is 2. The highest BCUT2D eigenvalue weighted by Gasteiger charge is 2.45. The van der Waals surface area contributed by atoms with Gasteiger partial charge in [0.1, 0.15) is 11.5 Å². The van der Waals surface area contributed by atoms with E-state index in [1.165, 1.54) is 5.56 Å². The molecule has 3 atom stereocenters. The van der Waals surface area contributed by atoms with Crippen LogP contribution >= 0.6 is 0 Å². The Hall–Kier alpha value is -1.70. The van der Waals surface area contributed by atoms with Gasteiger partial charge in [-0.1, -0.05) is 26.0 Å². The molecule has 0 heterocycles. The van der Waals surface area contributed by atoms with Gasteiger partial charge in [-0.05, 0) is 48.6 Å². The van der Waals surface area contributed by atoms with E-state index >= 15 is 0 Å². The molecule has 104 valence electrons. The van der Waals surface area contributed by atoms with E-state index in [0.29, 0.717) is 29.3 Å². The summed E-state index contributed by atoms with van der Waals surface area (Å²) in [5.74, 6) is 2.31. The van der Waals surface area contributed by atoms with Crippen LogP contribution in [0.4, 0.5) is 0 Å². The first-order chi connectivity index (χ1) is 9.61. The zero-order chi connectivity index (χ0) is 14.0. The van der Waals surface area contributed by atoms with Crippen LogP contribution < -0.4 is 0 Å². The number of benzene rings is 2. The molecule has 3 unspecified atom stereocenters. The van der Waals surface area contributed by atoms with Gasteiger partial charge in [0, 0.05) is 21.9 Å². The molecule has 0 amide bonds. The van der Waals surface area contributed by atoms with Crippen LogP contribution in [0.1, 0.15) is 55.2 Å². The van der Waals surface area contributed by atoms with Crippen molar-refractivity contribution in [2.45, 2.75) is 44.9 Å². The summed E-state index contributed by atoms with van der Waals surface area (Å²) in [7, 11) is 0.